The van der Waals surface area contributed by atoms with Gasteiger partial charge in [0.15, 0.2) is 0 Å². The highest BCUT2D eigenvalue weighted by Gasteiger charge is 2.48. The van der Waals surface area contributed by atoms with Gasteiger partial charge in [-0.1, -0.05) is 56.3 Å². The normalized spacial score (nSPS) is 19.6. The lowest BCUT2D eigenvalue weighted by Crippen LogP contribution is -2.29. The van der Waals surface area contributed by atoms with E-state index in [1.54, 1.807) is 30.8 Å². The van der Waals surface area contributed by atoms with Crippen molar-refractivity contribution in [3.63, 3.8) is 0 Å². The van der Waals surface area contributed by atoms with Crippen LogP contribution >= 0.6 is 11.8 Å². The van der Waals surface area contributed by atoms with Gasteiger partial charge in [-0.05, 0) is 85.1 Å². The fourth-order valence-electron chi connectivity index (χ4n) is 4.81. The quantitative estimate of drug-likeness (QED) is 0.284. The molecule has 3 rings (SSSR count). The van der Waals surface area contributed by atoms with Crippen LogP contribution in [0.4, 0.5) is 13.2 Å². The lowest BCUT2D eigenvalue weighted by atomic mass is 9.70. The van der Waals surface area contributed by atoms with Crippen molar-refractivity contribution in [1.82, 2.24) is 0 Å². The zero-order valence-corrected chi connectivity index (χ0v) is 22.6. The minimum atomic E-state index is -5.73. The molecule has 1 heterocycles. The van der Waals surface area contributed by atoms with Gasteiger partial charge in [-0.2, -0.15) is 21.6 Å². The molecule has 2 aromatic carbocycles. The lowest BCUT2D eigenvalue weighted by molar-refractivity contribution is -0.0500. The molecule has 1 aliphatic rings. The van der Waals surface area contributed by atoms with E-state index in [9.17, 15) is 26.7 Å². The predicted molar refractivity (Wildman–Crippen MR) is 140 cm³/mol. The maximum absolute atomic E-state index is 12.8. The van der Waals surface area contributed by atoms with Crippen molar-refractivity contribution in [2.24, 2.45) is 5.92 Å². The van der Waals surface area contributed by atoms with Crippen LogP contribution in [0, 0.1) is 19.8 Å². The number of aliphatic hydroxyl groups is 1. The third-order valence-electron chi connectivity index (χ3n) is 7.09. The summed E-state index contributed by atoms with van der Waals surface area (Å²) < 4.78 is 65.6. The summed E-state index contributed by atoms with van der Waals surface area (Å²) in [6.07, 6.45) is 7.59. The summed E-state index contributed by atoms with van der Waals surface area (Å²) in [6, 6.07) is 11.0. The average molecular weight is 543 g/mol. The average Bonchev–Trinajstić information content (AvgIpc) is 2.80. The molecule has 1 saturated heterocycles. The van der Waals surface area contributed by atoms with E-state index in [-0.39, 0.29) is 11.2 Å². The molecule has 0 amide bonds. The first kappa shape index (κ1) is 28.6. The molecule has 2 unspecified atom stereocenters. The Balaban J connectivity index is 1.91. The first-order chi connectivity index (χ1) is 16.8. The van der Waals surface area contributed by atoms with Crippen molar-refractivity contribution < 1.29 is 30.9 Å². The van der Waals surface area contributed by atoms with E-state index in [0.717, 1.165) is 53.7 Å². The summed E-state index contributed by atoms with van der Waals surface area (Å²) >= 11 is 1.59. The summed E-state index contributed by atoms with van der Waals surface area (Å²) in [4.78, 5) is 0. The predicted octanol–water partition coefficient (Wildman–Crippen LogP) is 7.11. The van der Waals surface area contributed by atoms with Crippen LogP contribution in [0.5, 0.6) is 5.75 Å². The molecule has 1 fully saturated rings. The molecule has 1 aliphatic heterocycles. The molecule has 0 saturated carbocycles. The Bertz CT molecular complexity index is 1200. The highest BCUT2D eigenvalue weighted by Crippen LogP contribution is 2.41. The van der Waals surface area contributed by atoms with Gasteiger partial charge < -0.3 is 9.29 Å². The highest BCUT2D eigenvalue weighted by molar-refractivity contribution is 7.99. The number of alkyl halides is 3. The molecule has 0 radical (unpaired) electrons. The van der Waals surface area contributed by atoms with Gasteiger partial charge in [0.05, 0.1) is 5.44 Å². The van der Waals surface area contributed by atoms with Crippen LogP contribution in [0.1, 0.15) is 67.3 Å². The standard InChI is InChI=1S/C27H33F3O4S2/c1-5-26(6-2,23-11-12-24(19(4)16-23)34-36(32,33)27(28,29)30)22-10-9-21(18(3)15-22)8-7-20-13-14-35-25(31)17-20/h7-12,15-16,20,25,31H,5-6,13-14,17H2,1-4H3. The topological polar surface area (TPSA) is 63.6 Å². The minimum absolute atomic E-state index is 0.305. The van der Waals surface area contributed by atoms with Crippen molar-refractivity contribution in [1.29, 1.82) is 0 Å². The van der Waals surface area contributed by atoms with Gasteiger partial charge in [0.2, 0.25) is 0 Å². The Labute approximate surface area is 216 Å². The summed E-state index contributed by atoms with van der Waals surface area (Å²) in [6.45, 7) is 7.72. The van der Waals surface area contributed by atoms with E-state index in [4.69, 9.17) is 0 Å². The molecule has 4 nitrogen and oxygen atoms in total. The Morgan fingerprint density at radius 1 is 1.06 bits per heavy atom. The van der Waals surface area contributed by atoms with Gasteiger partial charge in [0, 0.05) is 5.41 Å². The van der Waals surface area contributed by atoms with E-state index in [2.05, 4.69) is 55.3 Å². The third-order valence-corrected chi connectivity index (χ3v) is 9.11. The van der Waals surface area contributed by atoms with Gasteiger partial charge in [0.1, 0.15) is 5.75 Å². The summed E-state index contributed by atoms with van der Waals surface area (Å²) in [7, 11) is -5.73. The van der Waals surface area contributed by atoms with Gasteiger partial charge in [-0.25, -0.2) is 0 Å². The summed E-state index contributed by atoms with van der Waals surface area (Å²) in [5, 5.41) is 9.89. The van der Waals surface area contributed by atoms with E-state index < -0.39 is 21.0 Å². The van der Waals surface area contributed by atoms with Crippen LogP contribution in [0.25, 0.3) is 6.08 Å². The molecular weight excluding hydrogens is 509 g/mol. The van der Waals surface area contributed by atoms with Crippen LogP contribution in [-0.4, -0.2) is 30.2 Å². The Hall–Kier alpha value is -1.97. The summed E-state index contributed by atoms with van der Waals surface area (Å²) in [5.41, 5.74) is -1.70. The second kappa shape index (κ2) is 11.2. The number of halogens is 3. The van der Waals surface area contributed by atoms with E-state index in [1.165, 1.54) is 6.07 Å². The number of hydrogen-bond acceptors (Lipinski definition) is 5. The molecule has 198 valence electrons. The number of aryl methyl sites for hydroxylation is 2. The molecule has 0 spiro atoms. The van der Waals surface area contributed by atoms with Crippen molar-refractivity contribution in [3.8, 4) is 5.75 Å². The van der Waals surface area contributed by atoms with Crippen molar-refractivity contribution >= 4 is 28.0 Å². The second-order valence-electron chi connectivity index (χ2n) is 9.29. The van der Waals surface area contributed by atoms with Gasteiger partial charge >= 0.3 is 15.6 Å². The molecule has 2 aromatic rings. The van der Waals surface area contributed by atoms with Crippen LogP contribution in [-0.2, 0) is 15.5 Å². The zero-order valence-electron chi connectivity index (χ0n) is 20.9. The number of benzene rings is 2. The fourth-order valence-corrected chi connectivity index (χ4v) is 6.43. The Morgan fingerprint density at radius 2 is 1.67 bits per heavy atom. The smallest absolute Gasteiger partial charge is 0.382 e. The third kappa shape index (κ3) is 6.11. The monoisotopic (exact) mass is 542 g/mol. The Morgan fingerprint density at radius 3 is 2.19 bits per heavy atom. The second-order valence-corrected chi connectivity index (χ2v) is 12.1. The number of hydrogen-bond donors (Lipinski definition) is 1. The van der Waals surface area contributed by atoms with Crippen molar-refractivity contribution in [2.45, 2.75) is 69.7 Å². The van der Waals surface area contributed by atoms with Gasteiger partial charge in [-0.15, -0.1) is 11.8 Å². The number of allylic oxidation sites excluding steroid dienone is 1. The highest BCUT2D eigenvalue weighted by atomic mass is 32.2. The minimum Gasteiger partial charge on any atom is -0.382 e. The first-order valence-electron chi connectivity index (χ1n) is 12.0. The molecule has 9 heteroatoms. The summed E-state index contributed by atoms with van der Waals surface area (Å²) in [5.74, 6) is 0.977. The maximum Gasteiger partial charge on any atom is 0.534 e. The molecule has 0 aromatic heterocycles. The lowest BCUT2D eigenvalue weighted by Gasteiger charge is -2.34. The molecule has 1 N–H and O–H groups in total. The van der Waals surface area contributed by atoms with Crippen LogP contribution in [0.3, 0.4) is 0 Å². The van der Waals surface area contributed by atoms with Crippen molar-refractivity contribution in [2.75, 3.05) is 5.75 Å². The van der Waals surface area contributed by atoms with Crippen LogP contribution in [0.2, 0.25) is 0 Å². The maximum atomic E-state index is 12.8. The van der Waals surface area contributed by atoms with Crippen LogP contribution in [0.15, 0.2) is 42.5 Å². The zero-order chi connectivity index (χ0) is 26.7. The van der Waals surface area contributed by atoms with Crippen molar-refractivity contribution in [3.05, 3.63) is 70.3 Å². The number of thioether (sulfide) groups is 1. The van der Waals surface area contributed by atoms with E-state index in [0.29, 0.717) is 11.5 Å². The molecule has 0 aliphatic carbocycles. The van der Waals surface area contributed by atoms with Gasteiger partial charge in [0.25, 0.3) is 0 Å². The molecule has 0 bridgehead atoms. The number of rotatable bonds is 8. The first-order valence-corrected chi connectivity index (χ1v) is 14.5. The van der Waals surface area contributed by atoms with Crippen LogP contribution < -0.4 is 4.18 Å². The molecule has 2 atom stereocenters. The number of aliphatic hydroxyl groups excluding tert-OH is 1. The largest absolute Gasteiger partial charge is 0.534 e. The van der Waals surface area contributed by atoms with E-state index in [1.807, 2.05) is 0 Å². The molecular formula is C27H33F3O4S2. The van der Waals surface area contributed by atoms with E-state index >= 15 is 0 Å². The Kier molecular flexibility index (Phi) is 8.89. The molecule has 36 heavy (non-hydrogen) atoms. The SMILES string of the molecule is CCC(CC)(c1ccc(C=CC2CCSC(O)C2)c(C)c1)c1ccc(OS(=O)(=O)C(F)(F)F)c(C)c1. The van der Waals surface area contributed by atoms with Gasteiger partial charge in [-0.3, -0.25) is 0 Å². The fraction of sp³-hybridized carbons (Fsp3) is 0.481.